The van der Waals surface area contributed by atoms with Crippen LogP contribution >= 0.6 is 35.6 Å². The molecular formula is C17H18Cl3N. The van der Waals surface area contributed by atoms with Gasteiger partial charge in [-0.15, -0.1) is 12.4 Å². The van der Waals surface area contributed by atoms with Crippen molar-refractivity contribution < 1.29 is 0 Å². The third kappa shape index (κ3) is 3.07. The molecule has 2 atom stereocenters. The molecule has 0 saturated heterocycles. The van der Waals surface area contributed by atoms with E-state index in [-0.39, 0.29) is 17.8 Å². The number of nitrogens with one attached hydrogen (secondary N) is 1. The van der Waals surface area contributed by atoms with E-state index in [0.717, 1.165) is 13.0 Å². The third-order valence-corrected chi connectivity index (χ3v) is 5.00. The predicted octanol–water partition coefficient (Wildman–Crippen LogP) is 5.06. The molecule has 0 heterocycles. The average molecular weight is 343 g/mol. The standard InChI is InChI=1S/C17H17Cl2N.ClH/c1-20-11-17(13-7-8-15(18)16(19)9-13)10-14(17)12-5-3-2-4-6-12;/h2-9,14,20H,10-11H2,1H3;1H/t14-,17-;/m0./s1. The zero-order chi connectivity index (χ0) is 14.2. The van der Waals surface area contributed by atoms with Crippen molar-refractivity contribution in [1.29, 1.82) is 0 Å². The number of hydrogen-bond donors (Lipinski definition) is 1. The van der Waals surface area contributed by atoms with Gasteiger partial charge in [-0.25, -0.2) is 0 Å². The molecule has 4 heteroatoms. The molecule has 0 unspecified atom stereocenters. The Labute approximate surface area is 142 Å². The summed E-state index contributed by atoms with van der Waals surface area (Å²) in [6.45, 7) is 0.949. The average Bonchev–Trinajstić information content (AvgIpc) is 3.19. The van der Waals surface area contributed by atoms with Gasteiger partial charge in [-0.1, -0.05) is 59.6 Å². The van der Waals surface area contributed by atoms with Gasteiger partial charge in [0, 0.05) is 12.0 Å². The third-order valence-electron chi connectivity index (χ3n) is 4.26. The Morgan fingerprint density at radius 2 is 1.81 bits per heavy atom. The van der Waals surface area contributed by atoms with Crippen LogP contribution in [0.3, 0.4) is 0 Å². The molecule has 1 fully saturated rings. The van der Waals surface area contributed by atoms with Crippen molar-refractivity contribution in [3.8, 4) is 0 Å². The molecular weight excluding hydrogens is 325 g/mol. The van der Waals surface area contributed by atoms with E-state index in [1.165, 1.54) is 11.1 Å². The van der Waals surface area contributed by atoms with Gasteiger partial charge in [0.1, 0.15) is 0 Å². The topological polar surface area (TPSA) is 12.0 Å². The Morgan fingerprint density at radius 1 is 1.10 bits per heavy atom. The van der Waals surface area contributed by atoms with E-state index in [2.05, 4.69) is 41.7 Å². The first kappa shape index (κ1) is 16.6. The number of hydrogen-bond acceptors (Lipinski definition) is 1. The van der Waals surface area contributed by atoms with Crippen LogP contribution in [-0.4, -0.2) is 13.6 Å². The number of benzene rings is 2. The van der Waals surface area contributed by atoms with Crippen molar-refractivity contribution in [3.05, 3.63) is 69.7 Å². The highest BCUT2D eigenvalue weighted by Crippen LogP contribution is 2.60. The van der Waals surface area contributed by atoms with Crippen molar-refractivity contribution in [3.63, 3.8) is 0 Å². The van der Waals surface area contributed by atoms with E-state index in [1.54, 1.807) is 0 Å². The molecule has 1 N–H and O–H groups in total. The molecule has 0 aromatic heterocycles. The van der Waals surface area contributed by atoms with Crippen molar-refractivity contribution >= 4 is 35.6 Å². The molecule has 0 spiro atoms. The summed E-state index contributed by atoms with van der Waals surface area (Å²) in [5.74, 6) is 0.549. The molecule has 112 valence electrons. The lowest BCUT2D eigenvalue weighted by atomic mass is 9.90. The zero-order valence-electron chi connectivity index (χ0n) is 11.8. The van der Waals surface area contributed by atoms with Gasteiger partial charge in [0.25, 0.3) is 0 Å². The summed E-state index contributed by atoms with van der Waals surface area (Å²) in [7, 11) is 2.00. The van der Waals surface area contributed by atoms with E-state index in [0.29, 0.717) is 16.0 Å². The molecule has 1 aliphatic rings. The normalized spacial score (nSPS) is 23.5. The second kappa shape index (κ2) is 6.58. The molecule has 2 aromatic rings. The fraction of sp³-hybridized carbons (Fsp3) is 0.294. The highest BCUT2D eigenvalue weighted by atomic mass is 35.5. The van der Waals surface area contributed by atoms with E-state index in [9.17, 15) is 0 Å². The van der Waals surface area contributed by atoms with Crippen LogP contribution in [0.15, 0.2) is 48.5 Å². The SMILES string of the molecule is CNC[C@]1(c2ccc(Cl)c(Cl)c2)C[C@H]1c1ccccc1.Cl. The Balaban J connectivity index is 0.00000161. The molecule has 21 heavy (non-hydrogen) atoms. The van der Waals surface area contributed by atoms with Crippen LogP contribution in [0, 0.1) is 0 Å². The monoisotopic (exact) mass is 341 g/mol. The molecule has 0 amide bonds. The summed E-state index contributed by atoms with van der Waals surface area (Å²) in [4.78, 5) is 0. The van der Waals surface area contributed by atoms with Gasteiger partial charge in [-0.05, 0) is 42.6 Å². The summed E-state index contributed by atoms with van der Waals surface area (Å²) < 4.78 is 0. The van der Waals surface area contributed by atoms with Gasteiger partial charge in [0.15, 0.2) is 0 Å². The highest BCUT2D eigenvalue weighted by molar-refractivity contribution is 6.42. The van der Waals surface area contributed by atoms with Crippen LogP contribution in [0.1, 0.15) is 23.5 Å². The Hall–Kier alpha value is -0.730. The van der Waals surface area contributed by atoms with Gasteiger partial charge >= 0.3 is 0 Å². The molecule has 3 rings (SSSR count). The summed E-state index contributed by atoms with van der Waals surface area (Å²) in [5.41, 5.74) is 2.81. The van der Waals surface area contributed by atoms with E-state index >= 15 is 0 Å². The Morgan fingerprint density at radius 3 is 2.43 bits per heavy atom. The molecule has 1 nitrogen and oxygen atoms in total. The minimum absolute atomic E-state index is 0. The second-order valence-corrected chi connectivity index (χ2v) is 6.30. The van der Waals surface area contributed by atoms with Gasteiger partial charge in [0.2, 0.25) is 0 Å². The first-order valence-electron chi connectivity index (χ1n) is 6.82. The first-order valence-corrected chi connectivity index (χ1v) is 7.58. The maximum atomic E-state index is 6.19. The van der Waals surface area contributed by atoms with Crippen LogP contribution in [0.4, 0.5) is 0 Å². The summed E-state index contributed by atoms with van der Waals surface area (Å²) in [5, 5.41) is 4.58. The molecule has 0 radical (unpaired) electrons. The molecule has 0 aliphatic heterocycles. The summed E-state index contributed by atoms with van der Waals surface area (Å²) in [6.07, 6.45) is 1.15. The Kier molecular flexibility index (Phi) is 5.21. The smallest absolute Gasteiger partial charge is 0.0595 e. The molecule has 1 saturated carbocycles. The lowest BCUT2D eigenvalue weighted by molar-refractivity contribution is 0.605. The zero-order valence-corrected chi connectivity index (χ0v) is 14.1. The lowest BCUT2D eigenvalue weighted by Gasteiger charge is -2.19. The van der Waals surface area contributed by atoms with E-state index < -0.39 is 0 Å². The van der Waals surface area contributed by atoms with Crippen molar-refractivity contribution in [2.75, 3.05) is 13.6 Å². The predicted molar refractivity (Wildman–Crippen MR) is 93.1 cm³/mol. The fourth-order valence-electron chi connectivity index (χ4n) is 3.17. The number of rotatable bonds is 4. The summed E-state index contributed by atoms with van der Waals surface area (Å²) >= 11 is 12.2. The van der Waals surface area contributed by atoms with Crippen LogP contribution in [-0.2, 0) is 5.41 Å². The minimum atomic E-state index is 0. The number of halogens is 3. The van der Waals surface area contributed by atoms with E-state index in [1.807, 2.05) is 19.2 Å². The van der Waals surface area contributed by atoms with Crippen LogP contribution in [0.25, 0.3) is 0 Å². The maximum Gasteiger partial charge on any atom is 0.0595 e. The van der Waals surface area contributed by atoms with Gasteiger partial charge in [-0.3, -0.25) is 0 Å². The molecule has 0 bridgehead atoms. The quantitative estimate of drug-likeness (QED) is 0.819. The van der Waals surface area contributed by atoms with Crippen LogP contribution < -0.4 is 5.32 Å². The fourth-order valence-corrected chi connectivity index (χ4v) is 3.46. The van der Waals surface area contributed by atoms with Gasteiger partial charge in [-0.2, -0.15) is 0 Å². The van der Waals surface area contributed by atoms with Crippen molar-refractivity contribution in [2.24, 2.45) is 0 Å². The van der Waals surface area contributed by atoms with Crippen LogP contribution in [0.5, 0.6) is 0 Å². The highest BCUT2D eigenvalue weighted by Gasteiger charge is 2.55. The summed E-state index contributed by atoms with van der Waals surface area (Å²) in [6, 6.07) is 16.7. The number of likely N-dealkylation sites (N-methyl/N-ethyl adjacent to an activating group) is 1. The molecule has 1 aliphatic carbocycles. The van der Waals surface area contributed by atoms with Crippen molar-refractivity contribution in [1.82, 2.24) is 5.32 Å². The lowest BCUT2D eigenvalue weighted by Crippen LogP contribution is -2.25. The van der Waals surface area contributed by atoms with Crippen LogP contribution in [0.2, 0.25) is 10.0 Å². The minimum Gasteiger partial charge on any atom is -0.319 e. The maximum absolute atomic E-state index is 6.19. The van der Waals surface area contributed by atoms with Gasteiger partial charge in [0.05, 0.1) is 10.0 Å². The van der Waals surface area contributed by atoms with Crippen molar-refractivity contribution in [2.45, 2.75) is 17.8 Å². The van der Waals surface area contributed by atoms with Gasteiger partial charge < -0.3 is 5.32 Å². The first-order chi connectivity index (χ1) is 9.67. The van der Waals surface area contributed by atoms with E-state index in [4.69, 9.17) is 23.2 Å². The molecule has 2 aromatic carbocycles. The Bertz CT molecular complexity index is 615. The second-order valence-electron chi connectivity index (χ2n) is 5.48. The largest absolute Gasteiger partial charge is 0.319 e.